The average molecular weight is 465 g/mol. The summed E-state index contributed by atoms with van der Waals surface area (Å²) in [6.45, 7) is 4.65. The molecule has 0 bridgehead atoms. The van der Waals surface area contributed by atoms with E-state index in [1.165, 1.54) is 30.3 Å². The Balaban J connectivity index is 1.48. The summed E-state index contributed by atoms with van der Waals surface area (Å²) in [5.74, 6) is 0.484. The molecule has 176 valence electrons. The number of hydrogen-bond donors (Lipinski definition) is 0. The van der Waals surface area contributed by atoms with Crippen LogP contribution in [-0.2, 0) is 13.0 Å². The minimum Gasteiger partial charge on any atom is -0.435 e. The van der Waals surface area contributed by atoms with Gasteiger partial charge in [-0.2, -0.15) is 4.98 Å². The first-order chi connectivity index (χ1) is 16.5. The summed E-state index contributed by atoms with van der Waals surface area (Å²) in [7, 11) is 0. The van der Waals surface area contributed by atoms with E-state index in [2.05, 4.69) is 16.8 Å². The van der Waals surface area contributed by atoms with Crippen molar-refractivity contribution in [1.82, 2.24) is 14.9 Å². The summed E-state index contributed by atoms with van der Waals surface area (Å²) in [4.78, 5) is 26.4. The zero-order valence-corrected chi connectivity index (χ0v) is 19.0. The van der Waals surface area contributed by atoms with Gasteiger partial charge in [0, 0.05) is 31.6 Å². The molecule has 3 heterocycles. The fourth-order valence-corrected chi connectivity index (χ4v) is 4.39. The van der Waals surface area contributed by atoms with Crippen LogP contribution in [0.4, 0.5) is 14.7 Å². The quantitative estimate of drug-likeness (QED) is 0.545. The molecule has 1 fully saturated rings. The summed E-state index contributed by atoms with van der Waals surface area (Å²) >= 11 is 0. The molecule has 2 aliphatic rings. The molecule has 1 saturated heterocycles. The molecule has 1 aromatic heterocycles. The number of amides is 1. The maximum absolute atomic E-state index is 14.4. The van der Waals surface area contributed by atoms with E-state index in [4.69, 9.17) is 9.72 Å². The molecule has 8 heteroatoms. The fraction of sp³-hybridized carbons (Fsp3) is 0.346. The van der Waals surface area contributed by atoms with Crippen LogP contribution in [-0.4, -0.2) is 40.4 Å². The predicted octanol–water partition coefficient (Wildman–Crippen LogP) is 4.98. The molecule has 0 N–H and O–H groups in total. The lowest BCUT2D eigenvalue weighted by molar-refractivity contribution is 0.0732. The lowest BCUT2D eigenvalue weighted by Gasteiger charge is -2.33. The van der Waals surface area contributed by atoms with Gasteiger partial charge in [0.25, 0.3) is 5.91 Å². The number of rotatable bonds is 4. The van der Waals surface area contributed by atoms with Crippen molar-refractivity contribution in [2.75, 3.05) is 24.5 Å². The second kappa shape index (κ2) is 9.37. The van der Waals surface area contributed by atoms with Crippen LogP contribution in [0.2, 0.25) is 0 Å². The molecule has 0 spiro atoms. The summed E-state index contributed by atoms with van der Waals surface area (Å²) < 4.78 is 33.7. The van der Waals surface area contributed by atoms with Crippen LogP contribution in [0.3, 0.4) is 0 Å². The Morgan fingerprint density at radius 2 is 1.74 bits per heavy atom. The predicted molar refractivity (Wildman–Crippen MR) is 124 cm³/mol. The fourth-order valence-electron chi connectivity index (χ4n) is 4.39. The van der Waals surface area contributed by atoms with E-state index < -0.39 is 11.6 Å². The molecular formula is C26H26F2N4O2. The topological polar surface area (TPSA) is 58.6 Å². The number of benzene rings is 2. The first-order valence-corrected chi connectivity index (χ1v) is 11.6. The summed E-state index contributed by atoms with van der Waals surface area (Å²) in [6.07, 6.45) is 2.64. The Morgan fingerprint density at radius 1 is 1.00 bits per heavy atom. The highest BCUT2D eigenvalue weighted by atomic mass is 19.1. The number of fused-ring (bicyclic) bond motifs is 1. The Kier molecular flexibility index (Phi) is 6.13. The number of piperidine rings is 1. The van der Waals surface area contributed by atoms with E-state index in [0.717, 1.165) is 31.6 Å². The van der Waals surface area contributed by atoms with Crippen LogP contribution in [0.1, 0.15) is 41.4 Å². The van der Waals surface area contributed by atoms with Crippen LogP contribution in [0.15, 0.2) is 48.5 Å². The number of ether oxygens (including phenoxy) is 1. The molecule has 5 rings (SSSR count). The number of aromatic nitrogens is 2. The maximum atomic E-state index is 14.4. The third-order valence-electron chi connectivity index (χ3n) is 6.50. The maximum Gasteiger partial charge on any atom is 0.254 e. The highest BCUT2D eigenvalue weighted by molar-refractivity contribution is 5.94. The summed E-state index contributed by atoms with van der Waals surface area (Å²) in [6, 6.07) is 11.7. The van der Waals surface area contributed by atoms with Crippen molar-refractivity contribution in [3.63, 3.8) is 0 Å². The van der Waals surface area contributed by atoms with Crippen LogP contribution in [0.5, 0.6) is 11.6 Å². The third-order valence-corrected chi connectivity index (χ3v) is 6.50. The van der Waals surface area contributed by atoms with Gasteiger partial charge in [-0.05, 0) is 55.2 Å². The van der Waals surface area contributed by atoms with Gasteiger partial charge < -0.3 is 14.5 Å². The lowest BCUT2D eigenvalue weighted by atomic mass is 9.99. The monoisotopic (exact) mass is 464 g/mol. The third kappa shape index (κ3) is 4.58. The van der Waals surface area contributed by atoms with Crippen molar-refractivity contribution in [3.05, 3.63) is 77.0 Å². The molecule has 0 radical (unpaired) electrons. The summed E-state index contributed by atoms with van der Waals surface area (Å²) in [5.41, 5.74) is 1.87. The van der Waals surface area contributed by atoms with E-state index >= 15 is 0 Å². The molecule has 6 nitrogen and oxygen atoms in total. The largest absolute Gasteiger partial charge is 0.435 e. The first kappa shape index (κ1) is 22.3. The van der Waals surface area contributed by atoms with Gasteiger partial charge in [0.1, 0.15) is 5.82 Å². The van der Waals surface area contributed by atoms with Crippen molar-refractivity contribution in [2.45, 2.75) is 32.7 Å². The van der Waals surface area contributed by atoms with E-state index in [0.29, 0.717) is 36.0 Å². The molecule has 3 aromatic rings. The second-order valence-electron chi connectivity index (χ2n) is 8.94. The Morgan fingerprint density at radius 3 is 2.47 bits per heavy atom. The lowest BCUT2D eigenvalue weighted by Crippen LogP contribution is -2.38. The van der Waals surface area contributed by atoms with Crippen molar-refractivity contribution >= 4 is 11.9 Å². The van der Waals surface area contributed by atoms with Gasteiger partial charge >= 0.3 is 0 Å². The standard InChI is InChI=1S/C26H26F2N4O2/c1-17-10-13-31(14-11-17)26-29-22-12-15-32(25(33)18-6-8-19(27)9-7-18)16-20(22)24(30-26)34-23-5-3-2-4-21(23)28/h2-9,17H,10-16H2,1H3. The van der Waals surface area contributed by atoms with Gasteiger partial charge in [-0.15, -0.1) is 0 Å². The van der Waals surface area contributed by atoms with Crippen molar-refractivity contribution in [3.8, 4) is 11.6 Å². The van der Waals surface area contributed by atoms with Gasteiger partial charge in [0.2, 0.25) is 11.8 Å². The molecule has 34 heavy (non-hydrogen) atoms. The first-order valence-electron chi connectivity index (χ1n) is 11.6. The zero-order chi connectivity index (χ0) is 23.7. The van der Waals surface area contributed by atoms with Gasteiger partial charge in [0.15, 0.2) is 11.6 Å². The number of nitrogens with zero attached hydrogens (tertiary/aromatic N) is 4. The molecule has 2 aromatic carbocycles. The SMILES string of the molecule is CC1CCN(c2nc3c(c(Oc4ccccc4F)n2)CN(C(=O)c2ccc(F)cc2)CC3)CC1. The van der Waals surface area contributed by atoms with Crippen molar-refractivity contribution in [1.29, 1.82) is 0 Å². The van der Waals surface area contributed by atoms with Gasteiger partial charge in [0.05, 0.1) is 17.8 Å². The average Bonchev–Trinajstić information content (AvgIpc) is 2.85. The van der Waals surface area contributed by atoms with Crippen LogP contribution in [0, 0.1) is 17.6 Å². The number of hydrogen-bond acceptors (Lipinski definition) is 5. The Hall–Kier alpha value is -3.55. The van der Waals surface area contributed by atoms with E-state index in [9.17, 15) is 13.6 Å². The molecular weight excluding hydrogens is 438 g/mol. The number of carbonyl (C=O) groups excluding carboxylic acids is 1. The minimum absolute atomic E-state index is 0.0728. The molecule has 0 saturated carbocycles. The van der Waals surface area contributed by atoms with E-state index in [-0.39, 0.29) is 24.1 Å². The highest BCUT2D eigenvalue weighted by Crippen LogP contribution is 2.33. The molecule has 0 unspecified atom stereocenters. The molecule has 1 amide bonds. The Bertz CT molecular complexity index is 1190. The number of carbonyl (C=O) groups is 1. The van der Waals surface area contributed by atoms with Crippen LogP contribution < -0.4 is 9.64 Å². The summed E-state index contributed by atoms with van der Waals surface area (Å²) in [5, 5.41) is 0. The normalized spacial score (nSPS) is 16.3. The molecule has 0 atom stereocenters. The number of anilines is 1. The van der Waals surface area contributed by atoms with Gasteiger partial charge in [-0.3, -0.25) is 4.79 Å². The van der Waals surface area contributed by atoms with Crippen LogP contribution in [0.25, 0.3) is 0 Å². The van der Waals surface area contributed by atoms with Crippen molar-refractivity contribution < 1.29 is 18.3 Å². The van der Waals surface area contributed by atoms with Gasteiger partial charge in [-0.1, -0.05) is 19.1 Å². The smallest absolute Gasteiger partial charge is 0.254 e. The molecule has 0 aliphatic carbocycles. The van der Waals surface area contributed by atoms with Crippen LogP contribution >= 0.6 is 0 Å². The van der Waals surface area contributed by atoms with E-state index in [1.54, 1.807) is 23.1 Å². The Labute approximate surface area is 197 Å². The molecule has 2 aliphatic heterocycles. The second-order valence-corrected chi connectivity index (χ2v) is 8.94. The highest BCUT2D eigenvalue weighted by Gasteiger charge is 2.29. The minimum atomic E-state index is -0.488. The van der Waals surface area contributed by atoms with E-state index in [1.807, 2.05) is 0 Å². The van der Waals surface area contributed by atoms with Crippen molar-refractivity contribution in [2.24, 2.45) is 5.92 Å². The zero-order valence-electron chi connectivity index (χ0n) is 19.0. The number of halogens is 2. The van der Waals surface area contributed by atoms with Gasteiger partial charge in [-0.25, -0.2) is 13.8 Å². The number of para-hydroxylation sites is 1.